The number of carbonyl (C=O) groups is 1. The number of ether oxygens (including phenoxy) is 2. The van der Waals surface area contributed by atoms with E-state index in [1.165, 1.54) is 0 Å². The zero-order valence-electron chi connectivity index (χ0n) is 11.9. The van der Waals surface area contributed by atoms with E-state index in [0.29, 0.717) is 19.7 Å². The van der Waals surface area contributed by atoms with E-state index in [-0.39, 0.29) is 18.6 Å². The van der Waals surface area contributed by atoms with Gasteiger partial charge < -0.3 is 20.1 Å². The molecule has 0 spiro atoms. The smallest absolute Gasteiger partial charge is 0.249 e. The van der Waals surface area contributed by atoms with Crippen molar-refractivity contribution in [3.05, 3.63) is 29.8 Å². The summed E-state index contributed by atoms with van der Waals surface area (Å²) in [6.07, 6.45) is 1.79. The molecule has 1 amide bonds. The van der Waals surface area contributed by atoms with E-state index in [1.807, 2.05) is 29.2 Å². The van der Waals surface area contributed by atoms with Gasteiger partial charge in [-0.25, -0.2) is 0 Å². The fourth-order valence-electron chi connectivity index (χ4n) is 2.40. The zero-order chi connectivity index (χ0) is 14.4. The van der Waals surface area contributed by atoms with Crippen LogP contribution in [0.1, 0.15) is 18.4 Å². The highest BCUT2D eigenvalue weighted by Gasteiger charge is 2.28. The summed E-state index contributed by atoms with van der Waals surface area (Å²) in [5, 5.41) is 0. The van der Waals surface area contributed by atoms with Gasteiger partial charge in [-0.15, -0.1) is 0 Å². The molecule has 1 aromatic carbocycles. The first-order valence-electron chi connectivity index (χ1n) is 6.95. The van der Waals surface area contributed by atoms with Gasteiger partial charge >= 0.3 is 0 Å². The lowest BCUT2D eigenvalue weighted by Crippen LogP contribution is -2.48. The van der Waals surface area contributed by atoms with Crippen molar-refractivity contribution in [3.63, 3.8) is 0 Å². The fourth-order valence-corrected chi connectivity index (χ4v) is 2.40. The van der Waals surface area contributed by atoms with Crippen molar-refractivity contribution in [1.29, 1.82) is 0 Å². The van der Waals surface area contributed by atoms with Gasteiger partial charge in [0.15, 0.2) is 0 Å². The quantitative estimate of drug-likeness (QED) is 0.848. The minimum atomic E-state index is 0.0501. The monoisotopic (exact) mass is 278 g/mol. The average molecular weight is 278 g/mol. The standard InChI is InChI=1S/C15H22N2O3/c1-19-14-6-4-12(5-7-14)9-17-13(3-2-8-16)10-20-11-15(17)18/h4-7,13H,2-3,8-11,16H2,1H3. The topological polar surface area (TPSA) is 64.8 Å². The Balaban J connectivity index is 2.03. The van der Waals surface area contributed by atoms with Gasteiger partial charge in [0.1, 0.15) is 12.4 Å². The van der Waals surface area contributed by atoms with Gasteiger partial charge in [-0.2, -0.15) is 0 Å². The minimum absolute atomic E-state index is 0.0501. The Morgan fingerprint density at radius 3 is 2.80 bits per heavy atom. The van der Waals surface area contributed by atoms with E-state index in [9.17, 15) is 4.79 Å². The van der Waals surface area contributed by atoms with Crippen molar-refractivity contribution in [2.45, 2.75) is 25.4 Å². The van der Waals surface area contributed by atoms with Gasteiger partial charge in [0, 0.05) is 6.54 Å². The highest BCUT2D eigenvalue weighted by molar-refractivity contribution is 5.78. The molecule has 2 rings (SSSR count). The van der Waals surface area contributed by atoms with E-state index >= 15 is 0 Å². The number of carbonyl (C=O) groups excluding carboxylic acids is 1. The van der Waals surface area contributed by atoms with E-state index in [4.69, 9.17) is 15.2 Å². The Morgan fingerprint density at radius 2 is 2.15 bits per heavy atom. The molecule has 1 saturated heterocycles. The summed E-state index contributed by atoms with van der Waals surface area (Å²) in [6.45, 7) is 2.03. The molecule has 0 aliphatic carbocycles. The summed E-state index contributed by atoms with van der Waals surface area (Å²) in [7, 11) is 1.64. The molecule has 5 nitrogen and oxygen atoms in total. The number of nitrogens with zero attached hydrogens (tertiary/aromatic N) is 1. The second kappa shape index (κ2) is 7.26. The summed E-state index contributed by atoms with van der Waals surface area (Å²) in [6, 6.07) is 7.93. The van der Waals surface area contributed by atoms with Gasteiger partial charge in [0.2, 0.25) is 5.91 Å². The lowest BCUT2D eigenvalue weighted by atomic mass is 10.1. The predicted octanol–water partition coefficient (Wildman–Crippen LogP) is 1.16. The third-order valence-corrected chi connectivity index (χ3v) is 3.55. The Kier molecular flexibility index (Phi) is 5.38. The van der Waals surface area contributed by atoms with Crippen LogP contribution in [0.25, 0.3) is 0 Å². The van der Waals surface area contributed by atoms with Crippen LogP contribution in [-0.2, 0) is 16.1 Å². The third-order valence-electron chi connectivity index (χ3n) is 3.55. The van der Waals surface area contributed by atoms with E-state index in [0.717, 1.165) is 24.2 Å². The van der Waals surface area contributed by atoms with Crippen molar-refractivity contribution >= 4 is 5.91 Å². The van der Waals surface area contributed by atoms with Gasteiger partial charge in [0.05, 0.1) is 19.8 Å². The predicted molar refractivity (Wildman–Crippen MR) is 76.4 cm³/mol. The van der Waals surface area contributed by atoms with Crippen LogP contribution in [0.3, 0.4) is 0 Å². The molecular formula is C15H22N2O3. The first kappa shape index (κ1) is 14.8. The molecule has 0 saturated carbocycles. The van der Waals surface area contributed by atoms with Crippen LogP contribution in [-0.4, -0.2) is 43.7 Å². The maximum Gasteiger partial charge on any atom is 0.249 e. The average Bonchev–Trinajstić information content (AvgIpc) is 2.48. The molecule has 110 valence electrons. The van der Waals surface area contributed by atoms with E-state index < -0.39 is 0 Å². The molecule has 2 N–H and O–H groups in total. The lowest BCUT2D eigenvalue weighted by molar-refractivity contribution is -0.149. The Morgan fingerprint density at radius 1 is 1.40 bits per heavy atom. The molecule has 1 fully saturated rings. The Hall–Kier alpha value is -1.59. The molecule has 20 heavy (non-hydrogen) atoms. The van der Waals surface area contributed by atoms with Crippen molar-refractivity contribution in [3.8, 4) is 5.75 Å². The summed E-state index contributed by atoms with van der Waals surface area (Å²) in [5.41, 5.74) is 6.65. The zero-order valence-corrected chi connectivity index (χ0v) is 11.9. The van der Waals surface area contributed by atoms with Crippen LogP contribution < -0.4 is 10.5 Å². The molecule has 1 aliphatic rings. The maximum atomic E-state index is 12.0. The second-order valence-electron chi connectivity index (χ2n) is 4.97. The fraction of sp³-hybridized carbons (Fsp3) is 0.533. The van der Waals surface area contributed by atoms with Gasteiger partial charge in [0.25, 0.3) is 0 Å². The highest BCUT2D eigenvalue weighted by Crippen LogP contribution is 2.18. The summed E-state index contributed by atoms with van der Waals surface area (Å²) >= 11 is 0. The normalized spacial score (nSPS) is 19.2. The molecule has 5 heteroatoms. The Bertz CT molecular complexity index is 433. The van der Waals surface area contributed by atoms with Gasteiger partial charge in [-0.1, -0.05) is 12.1 Å². The summed E-state index contributed by atoms with van der Waals surface area (Å²) < 4.78 is 10.5. The number of rotatable bonds is 6. The molecule has 1 heterocycles. The first-order valence-corrected chi connectivity index (χ1v) is 6.95. The van der Waals surface area contributed by atoms with Crippen LogP contribution in [0.2, 0.25) is 0 Å². The van der Waals surface area contributed by atoms with Crippen LogP contribution in [0, 0.1) is 0 Å². The molecule has 0 bridgehead atoms. The van der Waals surface area contributed by atoms with Gasteiger partial charge in [-0.05, 0) is 37.1 Å². The van der Waals surface area contributed by atoms with Crippen LogP contribution in [0.15, 0.2) is 24.3 Å². The van der Waals surface area contributed by atoms with Crippen molar-refractivity contribution in [2.75, 3.05) is 26.9 Å². The lowest BCUT2D eigenvalue weighted by Gasteiger charge is -2.35. The molecule has 1 unspecified atom stereocenters. The molecule has 0 aromatic heterocycles. The van der Waals surface area contributed by atoms with Crippen LogP contribution in [0.5, 0.6) is 5.75 Å². The number of methoxy groups -OCH3 is 1. The minimum Gasteiger partial charge on any atom is -0.497 e. The molecular weight excluding hydrogens is 256 g/mol. The molecule has 0 radical (unpaired) electrons. The van der Waals surface area contributed by atoms with Crippen molar-refractivity contribution in [2.24, 2.45) is 5.73 Å². The summed E-state index contributed by atoms with van der Waals surface area (Å²) in [4.78, 5) is 13.9. The van der Waals surface area contributed by atoms with Crippen LogP contribution >= 0.6 is 0 Å². The molecule has 1 aromatic rings. The van der Waals surface area contributed by atoms with Gasteiger partial charge in [-0.3, -0.25) is 4.79 Å². The number of benzene rings is 1. The number of amides is 1. The highest BCUT2D eigenvalue weighted by atomic mass is 16.5. The first-order chi connectivity index (χ1) is 9.74. The van der Waals surface area contributed by atoms with Crippen molar-refractivity contribution < 1.29 is 14.3 Å². The number of nitrogens with two attached hydrogens (primary N) is 1. The molecule has 1 atom stereocenters. The largest absolute Gasteiger partial charge is 0.497 e. The van der Waals surface area contributed by atoms with E-state index in [1.54, 1.807) is 7.11 Å². The number of morpholine rings is 1. The number of hydrogen-bond donors (Lipinski definition) is 1. The SMILES string of the molecule is COc1ccc(CN2C(=O)COCC2CCCN)cc1. The Labute approximate surface area is 119 Å². The van der Waals surface area contributed by atoms with E-state index in [2.05, 4.69) is 0 Å². The van der Waals surface area contributed by atoms with Crippen LogP contribution in [0.4, 0.5) is 0 Å². The summed E-state index contributed by atoms with van der Waals surface area (Å²) in [5.74, 6) is 0.871. The number of hydrogen-bond acceptors (Lipinski definition) is 4. The maximum absolute atomic E-state index is 12.0. The molecule has 1 aliphatic heterocycles. The van der Waals surface area contributed by atoms with Crippen molar-refractivity contribution in [1.82, 2.24) is 4.90 Å². The second-order valence-corrected chi connectivity index (χ2v) is 4.97. The third kappa shape index (κ3) is 3.71.